The van der Waals surface area contributed by atoms with Gasteiger partial charge < -0.3 is 25.2 Å². The average molecular weight is 360 g/mol. The third kappa shape index (κ3) is 4.28. The number of nitrogens with one attached hydrogen (secondary N) is 2. The molecular formula is C18H17FN2O5. The van der Waals surface area contributed by atoms with Crippen LogP contribution in [0.4, 0.5) is 10.1 Å². The van der Waals surface area contributed by atoms with Crippen LogP contribution in [0.2, 0.25) is 0 Å². The molecule has 0 radical (unpaired) electrons. The summed E-state index contributed by atoms with van der Waals surface area (Å²) in [6.07, 6.45) is -0.630. The molecule has 2 aromatic rings. The molecule has 1 heterocycles. The van der Waals surface area contributed by atoms with Crippen molar-refractivity contribution in [3.8, 4) is 11.5 Å². The van der Waals surface area contributed by atoms with E-state index in [1.807, 2.05) is 0 Å². The Balaban J connectivity index is 1.46. The number of carbonyl (C=O) groups excluding carboxylic acids is 2. The number of carbonyl (C=O) groups is 2. The molecular weight excluding hydrogens is 343 g/mol. The lowest BCUT2D eigenvalue weighted by Crippen LogP contribution is -2.36. The molecule has 1 atom stereocenters. The molecule has 0 fully saturated rings. The molecule has 136 valence electrons. The van der Waals surface area contributed by atoms with Crippen molar-refractivity contribution in [1.29, 1.82) is 0 Å². The van der Waals surface area contributed by atoms with E-state index >= 15 is 0 Å². The zero-order valence-electron chi connectivity index (χ0n) is 13.7. The van der Waals surface area contributed by atoms with Crippen molar-refractivity contribution in [1.82, 2.24) is 5.32 Å². The van der Waals surface area contributed by atoms with Gasteiger partial charge in [0, 0.05) is 12.2 Å². The molecule has 7 nitrogen and oxygen atoms in total. The lowest BCUT2D eigenvalue weighted by molar-refractivity contribution is -0.136. The number of hydrogen-bond acceptors (Lipinski definition) is 5. The van der Waals surface area contributed by atoms with E-state index in [4.69, 9.17) is 9.47 Å². The van der Waals surface area contributed by atoms with Crippen molar-refractivity contribution in [3.05, 3.63) is 53.8 Å². The van der Waals surface area contributed by atoms with Crippen LogP contribution in [0.5, 0.6) is 11.5 Å². The van der Waals surface area contributed by atoms with Gasteiger partial charge >= 0.3 is 11.8 Å². The quantitative estimate of drug-likeness (QED) is 0.706. The number of aliphatic hydroxyl groups excluding tert-OH is 1. The maximum Gasteiger partial charge on any atom is 0.313 e. The molecule has 3 rings (SSSR count). The van der Waals surface area contributed by atoms with E-state index in [2.05, 4.69) is 10.6 Å². The Morgan fingerprint density at radius 2 is 1.92 bits per heavy atom. The fourth-order valence-electron chi connectivity index (χ4n) is 2.44. The van der Waals surface area contributed by atoms with E-state index in [1.54, 1.807) is 18.2 Å². The number of aliphatic hydroxyl groups is 1. The van der Waals surface area contributed by atoms with Gasteiger partial charge in [0.05, 0.1) is 6.10 Å². The highest BCUT2D eigenvalue weighted by atomic mass is 19.1. The minimum absolute atomic E-state index is 0.0883. The van der Waals surface area contributed by atoms with Crippen molar-refractivity contribution in [2.75, 3.05) is 18.7 Å². The van der Waals surface area contributed by atoms with Gasteiger partial charge in [-0.3, -0.25) is 9.59 Å². The number of hydrogen-bond donors (Lipinski definition) is 3. The topological polar surface area (TPSA) is 96.9 Å². The number of fused-ring (bicyclic) bond motifs is 1. The maximum absolute atomic E-state index is 13.1. The molecule has 0 aromatic heterocycles. The van der Waals surface area contributed by atoms with Crippen LogP contribution in [0.25, 0.3) is 0 Å². The van der Waals surface area contributed by atoms with Crippen LogP contribution in [0, 0.1) is 5.82 Å². The van der Waals surface area contributed by atoms with Crippen molar-refractivity contribution in [2.24, 2.45) is 0 Å². The van der Waals surface area contributed by atoms with Crippen LogP contribution in [-0.4, -0.2) is 30.3 Å². The second-order valence-electron chi connectivity index (χ2n) is 5.64. The lowest BCUT2D eigenvalue weighted by atomic mass is 10.1. The molecule has 2 aromatic carbocycles. The molecule has 8 heteroatoms. The first kappa shape index (κ1) is 17.7. The van der Waals surface area contributed by atoms with Crippen LogP contribution < -0.4 is 20.1 Å². The lowest BCUT2D eigenvalue weighted by Gasteiger charge is -2.12. The standard InChI is InChI=1S/C18H17FN2O5/c19-12-2-1-3-13(9-12)21-18(24)17(23)20-7-6-14(22)11-4-5-15-16(8-11)26-10-25-15/h1-5,8-9,14,22H,6-7,10H2,(H,20,23)(H,21,24). The van der Waals surface area contributed by atoms with E-state index in [-0.39, 0.29) is 25.4 Å². The number of ether oxygens (including phenoxy) is 2. The minimum Gasteiger partial charge on any atom is -0.454 e. The molecule has 0 bridgehead atoms. The Labute approximate surface area is 148 Å². The molecule has 0 saturated carbocycles. The van der Waals surface area contributed by atoms with Crippen LogP contribution in [-0.2, 0) is 9.59 Å². The molecule has 26 heavy (non-hydrogen) atoms. The third-order valence-corrected chi connectivity index (χ3v) is 3.77. The summed E-state index contributed by atoms with van der Waals surface area (Å²) in [5.41, 5.74) is 0.804. The first-order valence-corrected chi connectivity index (χ1v) is 7.95. The van der Waals surface area contributed by atoms with Gasteiger partial charge in [0.1, 0.15) is 5.82 Å². The van der Waals surface area contributed by atoms with E-state index in [1.165, 1.54) is 18.2 Å². The summed E-state index contributed by atoms with van der Waals surface area (Å²) in [6.45, 7) is 0.233. The number of rotatable bonds is 5. The van der Waals surface area contributed by atoms with Crippen LogP contribution in [0.1, 0.15) is 18.1 Å². The first-order valence-electron chi connectivity index (χ1n) is 7.95. The van der Waals surface area contributed by atoms with Gasteiger partial charge in [-0.2, -0.15) is 0 Å². The molecule has 2 amide bonds. The van der Waals surface area contributed by atoms with Gasteiger partial charge in [0.2, 0.25) is 6.79 Å². The fourth-order valence-corrected chi connectivity index (χ4v) is 2.44. The third-order valence-electron chi connectivity index (χ3n) is 3.77. The highest BCUT2D eigenvalue weighted by Crippen LogP contribution is 2.34. The highest BCUT2D eigenvalue weighted by Gasteiger charge is 2.18. The summed E-state index contributed by atoms with van der Waals surface area (Å²) in [5, 5.41) is 14.9. The predicted molar refractivity (Wildman–Crippen MR) is 90.2 cm³/mol. The van der Waals surface area contributed by atoms with Crippen molar-refractivity contribution < 1.29 is 28.6 Å². The zero-order chi connectivity index (χ0) is 18.5. The van der Waals surface area contributed by atoms with E-state index in [0.29, 0.717) is 17.1 Å². The van der Waals surface area contributed by atoms with Gasteiger partial charge in [-0.15, -0.1) is 0 Å². The zero-order valence-corrected chi connectivity index (χ0v) is 13.7. The van der Waals surface area contributed by atoms with Gasteiger partial charge in [0.25, 0.3) is 0 Å². The largest absolute Gasteiger partial charge is 0.454 e. The molecule has 0 aliphatic carbocycles. The average Bonchev–Trinajstić information content (AvgIpc) is 3.09. The van der Waals surface area contributed by atoms with Gasteiger partial charge in [-0.25, -0.2) is 4.39 Å². The van der Waals surface area contributed by atoms with Crippen molar-refractivity contribution in [2.45, 2.75) is 12.5 Å². The smallest absolute Gasteiger partial charge is 0.313 e. The Morgan fingerprint density at radius 1 is 1.12 bits per heavy atom. The first-order chi connectivity index (χ1) is 12.5. The summed E-state index contributed by atoms with van der Waals surface area (Å²) in [4.78, 5) is 23.5. The van der Waals surface area contributed by atoms with Gasteiger partial charge in [0.15, 0.2) is 11.5 Å². The van der Waals surface area contributed by atoms with Gasteiger partial charge in [-0.05, 0) is 42.3 Å². The normalized spacial score (nSPS) is 13.2. The number of benzene rings is 2. The SMILES string of the molecule is O=C(NCCC(O)c1ccc2c(c1)OCO2)C(=O)Nc1cccc(F)c1. The van der Waals surface area contributed by atoms with Crippen LogP contribution in [0.3, 0.4) is 0 Å². The number of halogens is 1. The molecule has 1 aliphatic rings. The summed E-state index contributed by atoms with van der Waals surface area (Å²) in [7, 11) is 0. The highest BCUT2D eigenvalue weighted by molar-refractivity contribution is 6.39. The summed E-state index contributed by atoms with van der Waals surface area (Å²) < 4.78 is 23.5. The predicted octanol–water partition coefficient (Wildman–Crippen LogP) is 1.73. The monoisotopic (exact) mass is 360 g/mol. The Hall–Kier alpha value is -3.13. The summed E-state index contributed by atoms with van der Waals surface area (Å²) in [5.74, 6) is -1.13. The van der Waals surface area contributed by atoms with E-state index < -0.39 is 23.7 Å². The summed E-state index contributed by atoms with van der Waals surface area (Å²) >= 11 is 0. The van der Waals surface area contributed by atoms with Crippen molar-refractivity contribution in [3.63, 3.8) is 0 Å². The summed E-state index contributed by atoms with van der Waals surface area (Å²) in [6, 6.07) is 10.3. The minimum atomic E-state index is -0.909. The second-order valence-corrected chi connectivity index (χ2v) is 5.64. The number of anilines is 1. The molecule has 0 spiro atoms. The molecule has 1 unspecified atom stereocenters. The number of amides is 2. The Morgan fingerprint density at radius 3 is 2.73 bits per heavy atom. The van der Waals surface area contributed by atoms with Crippen molar-refractivity contribution >= 4 is 17.5 Å². The maximum atomic E-state index is 13.1. The fraction of sp³-hybridized carbons (Fsp3) is 0.222. The van der Waals surface area contributed by atoms with E-state index in [9.17, 15) is 19.1 Å². The molecule has 3 N–H and O–H groups in total. The van der Waals surface area contributed by atoms with E-state index in [0.717, 1.165) is 6.07 Å². The van der Waals surface area contributed by atoms with Gasteiger partial charge in [-0.1, -0.05) is 12.1 Å². The second kappa shape index (κ2) is 7.83. The van der Waals surface area contributed by atoms with Crippen LogP contribution in [0.15, 0.2) is 42.5 Å². The Kier molecular flexibility index (Phi) is 5.33. The molecule has 0 saturated heterocycles. The molecule has 1 aliphatic heterocycles. The van der Waals surface area contributed by atoms with Crippen LogP contribution >= 0.6 is 0 Å². The Bertz CT molecular complexity index is 827.